The van der Waals surface area contributed by atoms with Crippen molar-refractivity contribution in [1.29, 1.82) is 0 Å². The van der Waals surface area contributed by atoms with Crippen LogP contribution in [0.25, 0.3) is 0 Å². The molecule has 0 bridgehead atoms. The van der Waals surface area contributed by atoms with Crippen molar-refractivity contribution in [2.24, 2.45) is 11.8 Å². The smallest absolute Gasteiger partial charge is 0.338 e. The summed E-state index contributed by atoms with van der Waals surface area (Å²) >= 11 is 0. The maximum atomic E-state index is 11.2. The van der Waals surface area contributed by atoms with Gasteiger partial charge in [-0.25, -0.2) is 9.59 Å². The summed E-state index contributed by atoms with van der Waals surface area (Å²) in [6.07, 6.45) is 3.56. The first-order valence-corrected chi connectivity index (χ1v) is 8.19. The van der Waals surface area contributed by atoms with Crippen LogP contribution in [0.1, 0.15) is 40.5 Å². The number of rotatable bonds is 1. The van der Waals surface area contributed by atoms with Gasteiger partial charge in [0.05, 0.1) is 11.8 Å². The molecule has 140 valence electrons. The molecule has 0 aromatic rings. The highest BCUT2D eigenvalue weighted by Crippen LogP contribution is 2.39. The Labute approximate surface area is 153 Å². The molecule has 6 heteroatoms. The van der Waals surface area contributed by atoms with Crippen LogP contribution >= 0.6 is 0 Å². The van der Waals surface area contributed by atoms with Gasteiger partial charge in [0.1, 0.15) is 0 Å². The molecule has 0 aromatic heterocycles. The number of esters is 4. The van der Waals surface area contributed by atoms with Crippen molar-refractivity contribution in [2.45, 2.75) is 40.5 Å². The molecule has 2 atom stereocenters. The fraction of sp³-hybridized carbons (Fsp3) is 0.400. The molecular formula is C20H24O6. The van der Waals surface area contributed by atoms with E-state index in [4.69, 9.17) is 0 Å². The van der Waals surface area contributed by atoms with Crippen LogP contribution in [0.15, 0.2) is 47.6 Å². The molecule has 1 saturated heterocycles. The van der Waals surface area contributed by atoms with E-state index in [9.17, 15) is 19.2 Å². The van der Waals surface area contributed by atoms with Gasteiger partial charge in [0.15, 0.2) is 0 Å². The highest BCUT2D eigenvalue weighted by Gasteiger charge is 2.46. The topological polar surface area (TPSA) is 86.7 Å². The number of fused-ring (bicyclic) bond motifs is 1. The number of carbonyl (C=O) groups excluding carboxylic acids is 4. The Balaban J connectivity index is 0.000000220. The molecule has 6 nitrogen and oxygen atoms in total. The molecule has 1 aliphatic carbocycles. The third-order valence-electron chi connectivity index (χ3n) is 4.36. The van der Waals surface area contributed by atoms with E-state index in [1.807, 2.05) is 27.7 Å². The van der Waals surface area contributed by atoms with E-state index in [1.54, 1.807) is 0 Å². The van der Waals surface area contributed by atoms with Gasteiger partial charge in [0.25, 0.3) is 0 Å². The summed E-state index contributed by atoms with van der Waals surface area (Å²) in [5, 5.41) is 0. The monoisotopic (exact) mass is 360 g/mol. The minimum atomic E-state index is -0.579. The van der Waals surface area contributed by atoms with Gasteiger partial charge in [-0.15, -0.1) is 0 Å². The second-order valence-corrected chi connectivity index (χ2v) is 6.56. The fourth-order valence-corrected chi connectivity index (χ4v) is 2.34. The van der Waals surface area contributed by atoms with Crippen LogP contribution < -0.4 is 0 Å². The molecule has 0 amide bonds. The lowest BCUT2D eigenvalue weighted by molar-refractivity contribution is -0.154. The van der Waals surface area contributed by atoms with E-state index < -0.39 is 11.9 Å². The molecule has 2 heterocycles. The summed E-state index contributed by atoms with van der Waals surface area (Å²) in [4.78, 5) is 42.3. The molecule has 0 aromatic carbocycles. The summed E-state index contributed by atoms with van der Waals surface area (Å²) in [5.74, 6) is -2.22. The summed E-state index contributed by atoms with van der Waals surface area (Å²) in [6, 6.07) is 0. The molecule has 3 rings (SSSR count). The molecule has 1 fully saturated rings. The number of allylic oxidation sites excluding steroid dienone is 4. The number of cyclic esters (lactones) is 4. The summed E-state index contributed by atoms with van der Waals surface area (Å²) < 4.78 is 8.57. The number of hydrogen-bond acceptors (Lipinski definition) is 6. The third-order valence-corrected chi connectivity index (χ3v) is 4.36. The van der Waals surface area contributed by atoms with Gasteiger partial charge in [-0.1, -0.05) is 35.5 Å². The molecule has 0 radical (unpaired) electrons. The average Bonchev–Trinajstić information content (AvgIpc) is 3.04. The van der Waals surface area contributed by atoms with Gasteiger partial charge in [-0.3, -0.25) is 9.59 Å². The van der Waals surface area contributed by atoms with Crippen LogP contribution in [-0.4, -0.2) is 23.9 Å². The van der Waals surface area contributed by atoms with Gasteiger partial charge in [0.2, 0.25) is 0 Å². The largest absolute Gasteiger partial charge is 0.393 e. The maximum absolute atomic E-state index is 11.2. The van der Waals surface area contributed by atoms with Crippen LogP contribution in [0, 0.1) is 11.8 Å². The first-order valence-electron chi connectivity index (χ1n) is 8.19. The molecule has 2 aliphatic heterocycles. The van der Waals surface area contributed by atoms with Crippen LogP contribution in [0.5, 0.6) is 0 Å². The third kappa shape index (κ3) is 5.95. The van der Waals surface area contributed by atoms with Crippen molar-refractivity contribution >= 4 is 23.9 Å². The van der Waals surface area contributed by atoms with Crippen LogP contribution in [0.3, 0.4) is 0 Å². The van der Waals surface area contributed by atoms with Gasteiger partial charge in [-0.2, -0.15) is 0 Å². The Morgan fingerprint density at radius 2 is 1.15 bits per heavy atom. The zero-order valence-electron chi connectivity index (χ0n) is 15.6. The molecule has 3 aliphatic rings. The average molecular weight is 360 g/mol. The first kappa shape index (κ1) is 21.3. The van der Waals surface area contributed by atoms with E-state index in [-0.39, 0.29) is 23.8 Å². The maximum Gasteiger partial charge on any atom is 0.338 e. The fourth-order valence-electron chi connectivity index (χ4n) is 2.34. The van der Waals surface area contributed by atoms with E-state index >= 15 is 0 Å². The van der Waals surface area contributed by atoms with Gasteiger partial charge in [0, 0.05) is 12.2 Å². The number of hydrogen-bond donors (Lipinski definition) is 0. The lowest BCUT2D eigenvalue weighted by Gasteiger charge is -2.21. The second-order valence-electron chi connectivity index (χ2n) is 6.56. The first-order chi connectivity index (χ1) is 12.0. The summed E-state index contributed by atoms with van der Waals surface area (Å²) in [7, 11) is 0. The molecule has 0 spiro atoms. The van der Waals surface area contributed by atoms with Crippen molar-refractivity contribution in [3.63, 3.8) is 0 Å². The summed E-state index contributed by atoms with van der Waals surface area (Å²) in [5.41, 5.74) is 4.59. The lowest BCUT2D eigenvalue weighted by atomic mass is 9.78. The normalized spacial score (nSPS) is 23.2. The van der Waals surface area contributed by atoms with Crippen LogP contribution in [0.2, 0.25) is 0 Å². The SMILES string of the molecule is C=C(C)C(=C)C.CC1=C(C)CC2C(=O)OC(=O)C2C1.O=C1C=CC(=O)O1. The highest BCUT2D eigenvalue weighted by atomic mass is 16.6. The Kier molecular flexibility index (Phi) is 7.43. The summed E-state index contributed by atoms with van der Waals surface area (Å²) in [6.45, 7) is 15.2. The van der Waals surface area contributed by atoms with E-state index in [0.29, 0.717) is 12.8 Å². The van der Waals surface area contributed by atoms with Crippen molar-refractivity contribution in [1.82, 2.24) is 0 Å². The lowest BCUT2D eigenvalue weighted by Crippen LogP contribution is -2.22. The molecular weight excluding hydrogens is 336 g/mol. The zero-order valence-corrected chi connectivity index (χ0v) is 15.6. The van der Waals surface area contributed by atoms with Crippen molar-refractivity contribution in [3.8, 4) is 0 Å². The van der Waals surface area contributed by atoms with E-state index in [0.717, 1.165) is 23.3 Å². The van der Waals surface area contributed by atoms with Crippen LogP contribution in [-0.2, 0) is 28.7 Å². The molecule has 2 unspecified atom stereocenters. The Morgan fingerprint density at radius 3 is 1.38 bits per heavy atom. The highest BCUT2D eigenvalue weighted by molar-refractivity contribution is 6.04. The zero-order chi connectivity index (χ0) is 20.0. The van der Waals surface area contributed by atoms with Gasteiger partial charge < -0.3 is 9.47 Å². The Bertz CT molecular complexity index is 665. The predicted octanol–water partition coefficient (Wildman–Crippen LogP) is 3.20. The van der Waals surface area contributed by atoms with E-state index in [1.165, 1.54) is 11.1 Å². The molecule has 0 saturated carbocycles. The van der Waals surface area contributed by atoms with Gasteiger partial charge >= 0.3 is 23.9 Å². The Hall–Kier alpha value is -2.76. The second kappa shape index (κ2) is 9.08. The van der Waals surface area contributed by atoms with Gasteiger partial charge in [-0.05, 0) is 40.5 Å². The van der Waals surface area contributed by atoms with Crippen LogP contribution in [0.4, 0.5) is 0 Å². The number of ether oxygens (including phenoxy) is 2. The minimum Gasteiger partial charge on any atom is -0.393 e. The van der Waals surface area contributed by atoms with Crippen molar-refractivity contribution in [2.75, 3.05) is 0 Å². The quantitative estimate of drug-likeness (QED) is 0.309. The Morgan fingerprint density at radius 1 is 0.808 bits per heavy atom. The number of carbonyl (C=O) groups is 4. The van der Waals surface area contributed by atoms with E-state index in [2.05, 4.69) is 22.6 Å². The standard InChI is InChI=1S/C10H12O3.C6H10.C4H2O3/c1-5-3-7-8(4-6(5)2)10(12)13-9(7)11;1-5(2)6(3)4;5-3-1-2-4(6)7-3/h7-8H,3-4H2,1-2H3;1,3H2,2,4H3;1-2H. The van der Waals surface area contributed by atoms with Crippen molar-refractivity contribution in [3.05, 3.63) is 47.6 Å². The molecule has 26 heavy (non-hydrogen) atoms. The predicted molar refractivity (Wildman–Crippen MR) is 95.6 cm³/mol. The van der Waals surface area contributed by atoms with Crippen molar-refractivity contribution < 1.29 is 28.7 Å². The molecule has 0 N–H and O–H groups in total. The minimum absolute atomic E-state index is 0.198.